The molecule has 1 rings (SSSR count). The van der Waals surface area contributed by atoms with Gasteiger partial charge in [-0.1, -0.05) is 44.2 Å². The summed E-state index contributed by atoms with van der Waals surface area (Å²) < 4.78 is 0. The SMILES string of the molecule is C=CCN(CCC)Cc1ccc(CCNCCC)cc1. The maximum Gasteiger partial charge on any atom is 0.0237 e. The second-order valence-corrected chi connectivity index (χ2v) is 5.34. The summed E-state index contributed by atoms with van der Waals surface area (Å²) in [5, 5.41) is 3.44. The normalized spacial score (nSPS) is 10.9. The standard InChI is InChI=1S/C18H30N2/c1-4-12-19-13-11-17-7-9-18(10-8-17)16-20(14-5-2)15-6-3/h5,7-10,19H,2,4,6,11-16H2,1,3H3. The van der Waals surface area contributed by atoms with Crippen molar-refractivity contribution in [3.63, 3.8) is 0 Å². The fourth-order valence-electron chi connectivity index (χ4n) is 2.34. The number of benzene rings is 1. The van der Waals surface area contributed by atoms with E-state index in [9.17, 15) is 0 Å². The molecule has 0 radical (unpaired) electrons. The van der Waals surface area contributed by atoms with Crippen molar-refractivity contribution in [1.29, 1.82) is 0 Å². The van der Waals surface area contributed by atoms with Crippen molar-refractivity contribution in [3.8, 4) is 0 Å². The van der Waals surface area contributed by atoms with E-state index in [0.717, 1.165) is 39.1 Å². The predicted molar refractivity (Wildman–Crippen MR) is 89.1 cm³/mol. The number of rotatable bonds is 11. The first-order valence-corrected chi connectivity index (χ1v) is 7.91. The van der Waals surface area contributed by atoms with Crippen molar-refractivity contribution in [3.05, 3.63) is 48.0 Å². The zero-order valence-electron chi connectivity index (χ0n) is 13.2. The van der Waals surface area contributed by atoms with E-state index < -0.39 is 0 Å². The fraction of sp³-hybridized carbons (Fsp3) is 0.556. The lowest BCUT2D eigenvalue weighted by Crippen LogP contribution is -2.24. The molecule has 0 aliphatic heterocycles. The Morgan fingerprint density at radius 3 is 2.35 bits per heavy atom. The van der Waals surface area contributed by atoms with Gasteiger partial charge in [-0.3, -0.25) is 4.90 Å². The third kappa shape index (κ3) is 6.88. The molecule has 20 heavy (non-hydrogen) atoms. The predicted octanol–water partition coefficient (Wildman–Crippen LogP) is 3.63. The first-order valence-electron chi connectivity index (χ1n) is 7.91. The van der Waals surface area contributed by atoms with E-state index in [0.29, 0.717) is 0 Å². The summed E-state index contributed by atoms with van der Waals surface area (Å²) in [6, 6.07) is 9.06. The van der Waals surface area contributed by atoms with Crippen molar-refractivity contribution in [2.75, 3.05) is 26.2 Å². The summed E-state index contributed by atoms with van der Waals surface area (Å²) in [6.07, 6.45) is 5.50. The van der Waals surface area contributed by atoms with Gasteiger partial charge in [0, 0.05) is 13.1 Å². The Kier molecular flexibility index (Phi) is 9.01. The number of nitrogens with one attached hydrogen (secondary N) is 1. The van der Waals surface area contributed by atoms with Crippen LogP contribution in [0.3, 0.4) is 0 Å². The third-order valence-corrected chi connectivity index (χ3v) is 3.37. The molecule has 0 spiro atoms. The molecule has 0 saturated heterocycles. The lowest BCUT2D eigenvalue weighted by molar-refractivity contribution is 0.295. The van der Waals surface area contributed by atoms with Gasteiger partial charge in [0.25, 0.3) is 0 Å². The number of hydrogen-bond acceptors (Lipinski definition) is 2. The van der Waals surface area contributed by atoms with E-state index in [-0.39, 0.29) is 0 Å². The molecule has 0 aliphatic carbocycles. The molecule has 0 aliphatic rings. The van der Waals surface area contributed by atoms with E-state index in [2.05, 4.69) is 54.9 Å². The molecule has 0 amide bonds. The van der Waals surface area contributed by atoms with Crippen LogP contribution in [0.25, 0.3) is 0 Å². The Bertz CT molecular complexity index is 356. The fourth-order valence-corrected chi connectivity index (χ4v) is 2.34. The van der Waals surface area contributed by atoms with Gasteiger partial charge in [0.15, 0.2) is 0 Å². The van der Waals surface area contributed by atoms with Crippen molar-refractivity contribution in [2.24, 2.45) is 0 Å². The summed E-state index contributed by atoms with van der Waals surface area (Å²) in [5.74, 6) is 0. The average molecular weight is 274 g/mol. The second kappa shape index (κ2) is 10.6. The lowest BCUT2D eigenvalue weighted by Gasteiger charge is -2.20. The van der Waals surface area contributed by atoms with Crippen molar-refractivity contribution in [1.82, 2.24) is 10.2 Å². The minimum atomic E-state index is 0.969. The van der Waals surface area contributed by atoms with Crippen LogP contribution in [0.4, 0.5) is 0 Å². The molecule has 0 fully saturated rings. The molecule has 0 aromatic heterocycles. The minimum Gasteiger partial charge on any atom is -0.316 e. The Balaban J connectivity index is 2.42. The van der Waals surface area contributed by atoms with Crippen molar-refractivity contribution in [2.45, 2.75) is 39.7 Å². The highest BCUT2D eigenvalue weighted by Gasteiger charge is 2.03. The maximum absolute atomic E-state index is 3.84. The van der Waals surface area contributed by atoms with Gasteiger partial charge in [-0.2, -0.15) is 0 Å². The van der Waals surface area contributed by atoms with E-state index in [1.165, 1.54) is 24.0 Å². The molecule has 1 N–H and O–H groups in total. The molecule has 1 aromatic rings. The average Bonchev–Trinajstić information content (AvgIpc) is 2.46. The molecule has 0 unspecified atom stereocenters. The van der Waals surface area contributed by atoms with Crippen LogP contribution >= 0.6 is 0 Å². The van der Waals surface area contributed by atoms with Crippen LogP contribution in [0, 0.1) is 0 Å². The van der Waals surface area contributed by atoms with Crippen LogP contribution in [0.5, 0.6) is 0 Å². The largest absolute Gasteiger partial charge is 0.316 e. The summed E-state index contributed by atoms with van der Waals surface area (Å²) in [6.45, 7) is 13.6. The molecule has 0 bridgehead atoms. The minimum absolute atomic E-state index is 0.969. The Morgan fingerprint density at radius 2 is 1.75 bits per heavy atom. The monoisotopic (exact) mass is 274 g/mol. The molecule has 2 heteroatoms. The first kappa shape index (κ1) is 16.9. The lowest BCUT2D eigenvalue weighted by atomic mass is 10.1. The number of hydrogen-bond donors (Lipinski definition) is 1. The van der Waals surface area contributed by atoms with Crippen LogP contribution in [-0.2, 0) is 13.0 Å². The zero-order chi connectivity index (χ0) is 14.6. The zero-order valence-corrected chi connectivity index (χ0v) is 13.2. The van der Waals surface area contributed by atoms with Crippen LogP contribution in [0.15, 0.2) is 36.9 Å². The Labute approximate surface area is 124 Å². The van der Waals surface area contributed by atoms with Gasteiger partial charge >= 0.3 is 0 Å². The molecule has 0 saturated carbocycles. The van der Waals surface area contributed by atoms with E-state index in [1.807, 2.05) is 6.08 Å². The topological polar surface area (TPSA) is 15.3 Å². The highest BCUT2D eigenvalue weighted by atomic mass is 15.1. The van der Waals surface area contributed by atoms with Gasteiger partial charge < -0.3 is 5.32 Å². The van der Waals surface area contributed by atoms with Gasteiger partial charge in [-0.05, 0) is 50.0 Å². The Hall–Kier alpha value is -1.12. The maximum atomic E-state index is 3.84. The van der Waals surface area contributed by atoms with Crippen LogP contribution in [-0.4, -0.2) is 31.1 Å². The van der Waals surface area contributed by atoms with Crippen LogP contribution in [0.1, 0.15) is 37.8 Å². The summed E-state index contributed by atoms with van der Waals surface area (Å²) in [4.78, 5) is 2.44. The molecule has 1 aromatic carbocycles. The van der Waals surface area contributed by atoms with Crippen molar-refractivity contribution >= 4 is 0 Å². The smallest absolute Gasteiger partial charge is 0.0237 e. The second-order valence-electron chi connectivity index (χ2n) is 5.34. The summed E-state index contributed by atoms with van der Waals surface area (Å²) >= 11 is 0. The van der Waals surface area contributed by atoms with E-state index in [1.54, 1.807) is 0 Å². The van der Waals surface area contributed by atoms with Gasteiger partial charge in [-0.15, -0.1) is 6.58 Å². The molecular formula is C18H30N2. The highest BCUT2D eigenvalue weighted by Crippen LogP contribution is 2.08. The van der Waals surface area contributed by atoms with Gasteiger partial charge in [0.05, 0.1) is 0 Å². The van der Waals surface area contributed by atoms with Crippen molar-refractivity contribution < 1.29 is 0 Å². The molecule has 0 atom stereocenters. The van der Waals surface area contributed by atoms with Gasteiger partial charge in [0.2, 0.25) is 0 Å². The van der Waals surface area contributed by atoms with Gasteiger partial charge in [-0.25, -0.2) is 0 Å². The number of nitrogens with zero attached hydrogens (tertiary/aromatic N) is 1. The molecule has 2 nitrogen and oxygen atoms in total. The summed E-state index contributed by atoms with van der Waals surface area (Å²) in [5.41, 5.74) is 2.81. The van der Waals surface area contributed by atoms with Crippen LogP contribution < -0.4 is 5.32 Å². The Morgan fingerprint density at radius 1 is 1.05 bits per heavy atom. The van der Waals surface area contributed by atoms with E-state index >= 15 is 0 Å². The molecular weight excluding hydrogens is 244 g/mol. The van der Waals surface area contributed by atoms with Gasteiger partial charge in [0.1, 0.15) is 0 Å². The first-order chi connectivity index (χ1) is 9.80. The highest BCUT2D eigenvalue weighted by molar-refractivity contribution is 5.22. The summed E-state index contributed by atoms with van der Waals surface area (Å²) in [7, 11) is 0. The van der Waals surface area contributed by atoms with E-state index in [4.69, 9.17) is 0 Å². The molecule has 112 valence electrons. The molecule has 0 heterocycles. The van der Waals surface area contributed by atoms with Crippen LogP contribution in [0.2, 0.25) is 0 Å². The third-order valence-electron chi connectivity index (χ3n) is 3.37. The quantitative estimate of drug-likeness (QED) is 0.490.